The molecule has 31 heavy (non-hydrogen) atoms. The molecule has 0 heterocycles. The fourth-order valence-electron chi connectivity index (χ4n) is 2.74. The second-order valence-electron chi connectivity index (χ2n) is 6.54. The maximum absolute atomic E-state index is 12.3. The fraction of sp³-hybridized carbons (Fsp3) is 0.318. The van der Waals surface area contributed by atoms with Gasteiger partial charge in [-0.2, -0.15) is 5.10 Å². The zero-order valence-electron chi connectivity index (χ0n) is 18.3. The van der Waals surface area contributed by atoms with E-state index in [-0.39, 0.29) is 24.7 Å². The van der Waals surface area contributed by atoms with Crippen molar-refractivity contribution in [3.8, 4) is 23.0 Å². The van der Waals surface area contributed by atoms with Crippen molar-refractivity contribution in [1.82, 2.24) is 5.43 Å². The molecule has 9 heteroatoms. The molecule has 0 spiro atoms. The summed E-state index contributed by atoms with van der Waals surface area (Å²) < 4.78 is 20.8. The van der Waals surface area contributed by atoms with Crippen molar-refractivity contribution in [3.63, 3.8) is 0 Å². The Morgan fingerprint density at radius 1 is 0.839 bits per heavy atom. The van der Waals surface area contributed by atoms with E-state index < -0.39 is 0 Å². The van der Waals surface area contributed by atoms with Crippen LogP contribution in [0, 0.1) is 0 Å². The smallest absolute Gasteiger partial charge is 0.244 e. The Labute approximate surface area is 181 Å². The normalized spacial score (nSPS) is 10.8. The highest BCUT2D eigenvalue weighted by atomic mass is 16.5. The second-order valence-corrected chi connectivity index (χ2v) is 6.54. The Bertz CT molecular complexity index is 958. The Balaban J connectivity index is 1.91. The molecule has 0 aromatic heterocycles. The highest BCUT2D eigenvalue weighted by Crippen LogP contribution is 2.29. The van der Waals surface area contributed by atoms with Crippen molar-refractivity contribution in [2.75, 3.05) is 33.8 Å². The van der Waals surface area contributed by atoms with Gasteiger partial charge in [0.15, 0.2) is 11.5 Å². The van der Waals surface area contributed by atoms with Crippen LogP contribution in [-0.4, -0.2) is 46.0 Å². The number of methoxy groups -OCH3 is 4. The largest absolute Gasteiger partial charge is 0.497 e. The molecule has 0 saturated carbocycles. The Morgan fingerprint density at radius 3 is 2.19 bits per heavy atom. The number of anilines is 1. The molecule has 2 amide bonds. The number of carbonyl (C=O) groups excluding carboxylic acids is 2. The first-order chi connectivity index (χ1) is 14.9. The molecule has 0 fully saturated rings. The zero-order chi connectivity index (χ0) is 22.8. The second kappa shape index (κ2) is 11.4. The molecule has 0 aliphatic carbocycles. The van der Waals surface area contributed by atoms with E-state index in [9.17, 15) is 9.59 Å². The summed E-state index contributed by atoms with van der Waals surface area (Å²) in [5.74, 6) is 1.61. The summed E-state index contributed by atoms with van der Waals surface area (Å²) in [6.45, 7) is 1.65. The predicted molar refractivity (Wildman–Crippen MR) is 117 cm³/mol. The number of hydrogen-bond acceptors (Lipinski definition) is 7. The van der Waals surface area contributed by atoms with Crippen LogP contribution in [-0.2, 0) is 16.0 Å². The molecule has 2 aromatic carbocycles. The van der Waals surface area contributed by atoms with E-state index in [4.69, 9.17) is 18.9 Å². The number of nitrogens with zero attached hydrogens (tertiary/aromatic N) is 1. The van der Waals surface area contributed by atoms with Gasteiger partial charge in [-0.1, -0.05) is 6.07 Å². The molecule has 0 aliphatic heterocycles. The van der Waals surface area contributed by atoms with Gasteiger partial charge in [0.2, 0.25) is 11.8 Å². The summed E-state index contributed by atoms with van der Waals surface area (Å²) in [6.07, 6.45) is 0.109. The first-order valence-corrected chi connectivity index (χ1v) is 9.45. The van der Waals surface area contributed by atoms with Crippen LogP contribution in [0.5, 0.6) is 23.0 Å². The molecule has 9 nitrogen and oxygen atoms in total. The highest BCUT2D eigenvalue weighted by molar-refractivity contribution is 6.06. The number of rotatable bonds is 10. The highest BCUT2D eigenvalue weighted by Gasteiger charge is 2.11. The molecular weight excluding hydrogens is 402 g/mol. The van der Waals surface area contributed by atoms with Crippen molar-refractivity contribution in [2.24, 2.45) is 5.10 Å². The lowest BCUT2D eigenvalue weighted by Gasteiger charge is -2.11. The lowest BCUT2D eigenvalue weighted by molar-refractivity contribution is -0.120. The van der Waals surface area contributed by atoms with Gasteiger partial charge in [0.25, 0.3) is 0 Å². The minimum absolute atomic E-state index is 0.00578. The summed E-state index contributed by atoms with van der Waals surface area (Å²) >= 11 is 0. The van der Waals surface area contributed by atoms with Gasteiger partial charge in [-0.25, -0.2) is 5.43 Å². The average molecular weight is 429 g/mol. The number of hydrogen-bond donors (Lipinski definition) is 2. The number of amides is 2. The van der Waals surface area contributed by atoms with Gasteiger partial charge in [0.05, 0.1) is 47.0 Å². The fourth-order valence-corrected chi connectivity index (χ4v) is 2.74. The Kier molecular flexibility index (Phi) is 8.68. The summed E-state index contributed by atoms with van der Waals surface area (Å²) in [4.78, 5) is 24.5. The van der Waals surface area contributed by atoms with Crippen LogP contribution in [0.3, 0.4) is 0 Å². The summed E-state index contributed by atoms with van der Waals surface area (Å²) in [6, 6.07) is 10.3. The number of nitrogens with one attached hydrogen (secondary N) is 2. The van der Waals surface area contributed by atoms with Gasteiger partial charge in [0.1, 0.15) is 11.5 Å². The summed E-state index contributed by atoms with van der Waals surface area (Å²) in [5.41, 5.74) is 4.16. The lowest BCUT2D eigenvalue weighted by Crippen LogP contribution is -2.23. The van der Waals surface area contributed by atoms with Crippen molar-refractivity contribution < 1.29 is 28.5 Å². The molecule has 2 rings (SSSR count). The van der Waals surface area contributed by atoms with Crippen LogP contribution >= 0.6 is 0 Å². The third-order valence-electron chi connectivity index (χ3n) is 4.28. The van der Waals surface area contributed by atoms with Crippen molar-refractivity contribution in [3.05, 3.63) is 42.0 Å². The lowest BCUT2D eigenvalue weighted by atomic mass is 10.1. The maximum atomic E-state index is 12.3. The number of ether oxygens (including phenoxy) is 4. The maximum Gasteiger partial charge on any atom is 0.244 e. The quantitative estimate of drug-likeness (QED) is 0.444. The first kappa shape index (κ1) is 23.5. The molecule has 166 valence electrons. The standard InChI is InChI=1S/C22H27N3O6/c1-14(10-21(26)23-17-8-7-16(28-2)13-19(17)30-4)24-25-22(27)12-15-6-9-18(29-3)20(11-15)31-5/h6-9,11,13H,10,12H2,1-5H3,(H,23,26)(H,25,27)/b24-14-. The molecule has 0 saturated heterocycles. The monoisotopic (exact) mass is 429 g/mol. The molecule has 0 unspecified atom stereocenters. The van der Waals surface area contributed by atoms with E-state index in [2.05, 4.69) is 15.8 Å². The van der Waals surface area contributed by atoms with Gasteiger partial charge in [-0.05, 0) is 36.8 Å². The molecule has 2 N–H and O–H groups in total. The van der Waals surface area contributed by atoms with Crippen molar-refractivity contribution in [1.29, 1.82) is 0 Å². The molecule has 0 aliphatic rings. The topological polar surface area (TPSA) is 107 Å². The minimum Gasteiger partial charge on any atom is -0.497 e. The Morgan fingerprint density at radius 2 is 1.55 bits per heavy atom. The molecule has 0 bridgehead atoms. The van der Waals surface area contributed by atoms with Crippen LogP contribution in [0.25, 0.3) is 0 Å². The van der Waals surface area contributed by atoms with Crippen LogP contribution in [0.4, 0.5) is 5.69 Å². The first-order valence-electron chi connectivity index (χ1n) is 9.45. The zero-order valence-corrected chi connectivity index (χ0v) is 18.3. The van der Waals surface area contributed by atoms with E-state index in [1.165, 1.54) is 14.2 Å². The van der Waals surface area contributed by atoms with E-state index >= 15 is 0 Å². The molecular formula is C22H27N3O6. The average Bonchev–Trinajstić information content (AvgIpc) is 2.77. The SMILES string of the molecule is COc1ccc(NC(=O)C/C(C)=N\NC(=O)Cc2ccc(OC)c(OC)c2)c(OC)c1. The Hall–Kier alpha value is -3.75. The summed E-state index contributed by atoms with van der Waals surface area (Å²) in [7, 11) is 6.13. The molecule has 2 aromatic rings. The van der Waals surface area contributed by atoms with Gasteiger partial charge in [-0.15, -0.1) is 0 Å². The van der Waals surface area contributed by atoms with Crippen molar-refractivity contribution >= 4 is 23.2 Å². The van der Waals surface area contributed by atoms with E-state index in [0.29, 0.717) is 34.4 Å². The van der Waals surface area contributed by atoms with Gasteiger partial charge < -0.3 is 24.3 Å². The number of benzene rings is 2. The van der Waals surface area contributed by atoms with E-state index in [1.807, 2.05) is 0 Å². The van der Waals surface area contributed by atoms with Crippen LogP contribution in [0.1, 0.15) is 18.9 Å². The van der Waals surface area contributed by atoms with Crippen LogP contribution in [0.15, 0.2) is 41.5 Å². The van der Waals surface area contributed by atoms with Crippen LogP contribution < -0.4 is 29.7 Å². The van der Waals surface area contributed by atoms with Gasteiger partial charge >= 0.3 is 0 Å². The predicted octanol–water partition coefficient (Wildman–Crippen LogP) is 2.78. The molecule has 0 atom stereocenters. The van der Waals surface area contributed by atoms with Crippen molar-refractivity contribution in [2.45, 2.75) is 19.8 Å². The molecule has 0 radical (unpaired) electrons. The summed E-state index contributed by atoms with van der Waals surface area (Å²) in [5, 5.41) is 6.75. The minimum atomic E-state index is -0.316. The van der Waals surface area contributed by atoms with E-state index in [0.717, 1.165) is 5.56 Å². The van der Waals surface area contributed by atoms with Crippen LogP contribution in [0.2, 0.25) is 0 Å². The van der Waals surface area contributed by atoms with Gasteiger partial charge in [0, 0.05) is 11.8 Å². The third-order valence-corrected chi connectivity index (χ3v) is 4.28. The van der Waals surface area contributed by atoms with Gasteiger partial charge in [-0.3, -0.25) is 9.59 Å². The number of hydrazone groups is 1. The number of carbonyl (C=O) groups is 2. The van der Waals surface area contributed by atoms with E-state index in [1.54, 1.807) is 57.5 Å². The third kappa shape index (κ3) is 6.91.